The lowest BCUT2D eigenvalue weighted by Crippen LogP contribution is -2.27. The van der Waals surface area contributed by atoms with Crippen LogP contribution in [0.15, 0.2) is 60.2 Å². The third-order valence-corrected chi connectivity index (χ3v) is 4.12. The van der Waals surface area contributed by atoms with E-state index in [2.05, 4.69) is 12.2 Å². The molecule has 0 saturated carbocycles. The number of rotatable bonds is 7. The van der Waals surface area contributed by atoms with Gasteiger partial charge in [-0.2, -0.15) is 5.26 Å². The van der Waals surface area contributed by atoms with Crippen LogP contribution in [-0.2, 0) is 4.79 Å². The topological polar surface area (TPSA) is 62.1 Å². The lowest BCUT2D eigenvalue weighted by atomic mass is 10.1. The molecule has 1 amide bonds. The Bertz CT molecular complexity index is 789. The maximum Gasteiger partial charge on any atom is 0.262 e. The molecule has 4 nitrogen and oxygen atoms in total. The average molecular weight is 348 g/mol. The fraction of sp³-hybridized carbons (Fsp3) is 0.273. The molecule has 2 rings (SSSR count). The predicted molar refractivity (Wildman–Crippen MR) is 103 cm³/mol. The molecule has 26 heavy (non-hydrogen) atoms. The number of carbonyl (C=O) groups is 1. The van der Waals surface area contributed by atoms with E-state index in [1.165, 1.54) is 0 Å². The highest BCUT2D eigenvalue weighted by atomic mass is 16.5. The first-order valence-electron chi connectivity index (χ1n) is 8.77. The molecule has 134 valence electrons. The van der Waals surface area contributed by atoms with Crippen LogP contribution in [0.1, 0.15) is 44.4 Å². The first-order valence-corrected chi connectivity index (χ1v) is 8.77. The van der Waals surface area contributed by atoms with E-state index in [-0.39, 0.29) is 23.6 Å². The van der Waals surface area contributed by atoms with Crippen LogP contribution in [0.5, 0.6) is 5.75 Å². The Balaban J connectivity index is 2.07. The van der Waals surface area contributed by atoms with E-state index in [1.54, 1.807) is 6.08 Å². The molecule has 0 aromatic heterocycles. The highest BCUT2D eigenvalue weighted by molar-refractivity contribution is 6.01. The van der Waals surface area contributed by atoms with Crippen LogP contribution in [-0.4, -0.2) is 12.0 Å². The molecule has 0 radical (unpaired) electrons. The summed E-state index contributed by atoms with van der Waals surface area (Å²) in [5, 5.41) is 12.2. The van der Waals surface area contributed by atoms with Crippen molar-refractivity contribution in [2.45, 2.75) is 39.3 Å². The molecule has 2 atom stereocenters. The summed E-state index contributed by atoms with van der Waals surface area (Å²) < 4.78 is 5.73. The number of ether oxygens (including phenoxy) is 1. The first kappa shape index (κ1) is 19.3. The van der Waals surface area contributed by atoms with Gasteiger partial charge in [0.2, 0.25) is 0 Å². The van der Waals surface area contributed by atoms with Gasteiger partial charge in [0.05, 0.1) is 12.1 Å². The zero-order valence-corrected chi connectivity index (χ0v) is 15.4. The number of nitrogens with one attached hydrogen (secondary N) is 1. The van der Waals surface area contributed by atoms with E-state index in [0.717, 1.165) is 23.3 Å². The van der Waals surface area contributed by atoms with Crippen molar-refractivity contribution in [3.8, 4) is 11.8 Å². The molecule has 0 aliphatic rings. The van der Waals surface area contributed by atoms with E-state index in [0.29, 0.717) is 0 Å². The van der Waals surface area contributed by atoms with E-state index in [9.17, 15) is 10.1 Å². The molecule has 0 heterocycles. The minimum atomic E-state index is -0.385. The van der Waals surface area contributed by atoms with E-state index < -0.39 is 0 Å². The number of benzene rings is 2. The van der Waals surface area contributed by atoms with Gasteiger partial charge in [-0.05, 0) is 49.6 Å². The summed E-state index contributed by atoms with van der Waals surface area (Å²) in [6, 6.07) is 18.8. The average Bonchev–Trinajstić information content (AvgIpc) is 2.67. The normalized spacial score (nSPS) is 13.4. The highest BCUT2D eigenvalue weighted by Gasteiger charge is 2.13. The fourth-order valence-electron chi connectivity index (χ4n) is 2.37. The van der Waals surface area contributed by atoms with Gasteiger partial charge in [0, 0.05) is 0 Å². The van der Waals surface area contributed by atoms with Crippen LogP contribution in [0.25, 0.3) is 6.08 Å². The molecule has 1 N–H and O–H groups in total. The van der Waals surface area contributed by atoms with E-state index in [1.807, 2.05) is 74.5 Å². The van der Waals surface area contributed by atoms with Gasteiger partial charge in [0.25, 0.3) is 5.91 Å². The molecule has 0 bridgehead atoms. The quantitative estimate of drug-likeness (QED) is 0.585. The molecule has 2 aromatic rings. The van der Waals surface area contributed by atoms with Crippen molar-refractivity contribution < 1.29 is 9.53 Å². The molecule has 0 unspecified atom stereocenters. The van der Waals surface area contributed by atoms with Crippen molar-refractivity contribution in [3.63, 3.8) is 0 Å². The predicted octanol–water partition coefficient (Wildman–Crippen LogP) is 4.65. The van der Waals surface area contributed by atoms with Crippen molar-refractivity contribution in [2.75, 3.05) is 0 Å². The van der Waals surface area contributed by atoms with Crippen molar-refractivity contribution in [1.82, 2.24) is 5.32 Å². The smallest absolute Gasteiger partial charge is 0.262 e. The molecule has 0 aliphatic heterocycles. The summed E-state index contributed by atoms with van der Waals surface area (Å²) in [4.78, 5) is 12.4. The van der Waals surface area contributed by atoms with Crippen LogP contribution in [0.4, 0.5) is 0 Å². The van der Waals surface area contributed by atoms with E-state index in [4.69, 9.17) is 4.74 Å². The molecule has 2 aromatic carbocycles. The van der Waals surface area contributed by atoms with Crippen molar-refractivity contribution in [1.29, 1.82) is 5.26 Å². The Morgan fingerprint density at radius 1 is 1.15 bits per heavy atom. The molecule has 0 saturated heterocycles. The van der Waals surface area contributed by atoms with Gasteiger partial charge >= 0.3 is 0 Å². The summed E-state index contributed by atoms with van der Waals surface area (Å²) >= 11 is 0. The molecule has 0 fully saturated rings. The molecule has 0 aliphatic carbocycles. The minimum Gasteiger partial charge on any atom is -0.491 e. The Hall–Kier alpha value is -3.06. The summed E-state index contributed by atoms with van der Waals surface area (Å²) in [6.45, 7) is 5.97. The number of hydrogen-bond donors (Lipinski definition) is 1. The summed E-state index contributed by atoms with van der Waals surface area (Å²) in [5.74, 6) is 0.390. The number of carbonyl (C=O) groups excluding carboxylic acids is 1. The van der Waals surface area contributed by atoms with Crippen LogP contribution in [0, 0.1) is 11.3 Å². The summed E-state index contributed by atoms with van der Waals surface area (Å²) in [7, 11) is 0. The number of nitrogens with zero attached hydrogens (tertiary/aromatic N) is 1. The van der Waals surface area contributed by atoms with Gasteiger partial charge in [-0.25, -0.2) is 0 Å². The van der Waals surface area contributed by atoms with E-state index >= 15 is 0 Å². The van der Waals surface area contributed by atoms with Gasteiger partial charge < -0.3 is 10.1 Å². The Labute approximate surface area is 155 Å². The SMILES string of the molecule is CC[C@H](C)Oc1ccc(/C=C(/C#N)C(=O)N[C@@H](C)c2ccccc2)cc1. The van der Waals surface area contributed by atoms with Crippen LogP contribution in [0.2, 0.25) is 0 Å². The Morgan fingerprint density at radius 2 is 1.81 bits per heavy atom. The zero-order chi connectivity index (χ0) is 18.9. The second-order valence-corrected chi connectivity index (χ2v) is 6.18. The van der Waals surface area contributed by atoms with Crippen molar-refractivity contribution in [3.05, 3.63) is 71.3 Å². The minimum absolute atomic E-state index is 0.0726. The second kappa shape index (κ2) is 9.43. The van der Waals surface area contributed by atoms with Crippen LogP contribution in [0.3, 0.4) is 0 Å². The van der Waals surface area contributed by atoms with Gasteiger partial charge in [-0.3, -0.25) is 4.79 Å². The summed E-state index contributed by atoms with van der Waals surface area (Å²) in [5.41, 5.74) is 1.84. The second-order valence-electron chi connectivity index (χ2n) is 6.18. The Kier molecular flexibility index (Phi) is 6.99. The van der Waals surface area contributed by atoms with Crippen molar-refractivity contribution in [2.24, 2.45) is 0 Å². The summed E-state index contributed by atoms with van der Waals surface area (Å²) in [6.07, 6.45) is 2.66. The molecular weight excluding hydrogens is 324 g/mol. The Morgan fingerprint density at radius 3 is 2.38 bits per heavy atom. The van der Waals surface area contributed by atoms with Crippen LogP contribution < -0.4 is 10.1 Å². The number of hydrogen-bond acceptors (Lipinski definition) is 3. The number of nitriles is 1. The first-order chi connectivity index (χ1) is 12.5. The maximum atomic E-state index is 12.4. The lowest BCUT2D eigenvalue weighted by molar-refractivity contribution is -0.117. The molecule has 4 heteroatoms. The largest absolute Gasteiger partial charge is 0.491 e. The lowest BCUT2D eigenvalue weighted by Gasteiger charge is -2.14. The fourth-order valence-corrected chi connectivity index (χ4v) is 2.37. The number of amides is 1. The third kappa shape index (κ3) is 5.49. The zero-order valence-electron chi connectivity index (χ0n) is 15.4. The highest BCUT2D eigenvalue weighted by Crippen LogP contribution is 2.17. The van der Waals surface area contributed by atoms with Crippen molar-refractivity contribution >= 4 is 12.0 Å². The van der Waals surface area contributed by atoms with Gasteiger partial charge in [0.15, 0.2) is 0 Å². The maximum absolute atomic E-state index is 12.4. The van der Waals surface area contributed by atoms with Gasteiger partial charge in [0.1, 0.15) is 17.4 Å². The third-order valence-electron chi connectivity index (χ3n) is 4.12. The van der Waals surface area contributed by atoms with Crippen LogP contribution >= 0.6 is 0 Å². The van der Waals surface area contributed by atoms with Gasteiger partial charge in [-0.15, -0.1) is 0 Å². The standard InChI is InChI=1S/C22H24N2O2/c1-4-16(2)26-21-12-10-18(11-13-21)14-20(15-23)22(25)24-17(3)19-8-6-5-7-9-19/h5-14,16-17H,4H2,1-3H3,(H,24,25)/b20-14-/t16-,17-/m0/s1. The van der Waals surface area contributed by atoms with Gasteiger partial charge in [-0.1, -0.05) is 49.4 Å². The monoisotopic (exact) mass is 348 g/mol. The molecular formula is C22H24N2O2. The molecule has 0 spiro atoms.